The highest BCUT2D eigenvalue weighted by molar-refractivity contribution is 6.06. The number of amides is 2. The van der Waals surface area contributed by atoms with Crippen LogP contribution in [0.15, 0.2) is 84.9 Å². The Morgan fingerprint density at radius 1 is 0.828 bits per heavy atom. The van der Waals surface area contributed by atoms with Gasteiger partial charge >= 0.3 is 0 Å². The number of nitrogens with one attached hydrogen (secondary N) is 1. The van der Waals surface area contributed by atoms with Gasteiger partial charge < -0.3 is 15.1 Å². The summed E-state index contributed by atoms with van der Waals surface area (Å²) < 4.78 is 0. The van der Waals surface area contributed by atoms with E-state index in [1.165, 1.54) is 0 Å². The molecule has 5 heteroatoms. The van der Waals surface area contributed by atoms with Crippen LogP contribution in [0.5, 0.6) is 0 Å². The Balaban J connectivity index is 1.59. The van der Waals surface area contributed by atoms with Crippen LogP contribution in [0.4, 0.5) is 11.4 Å². The first kappa shape index (κ1) is 20.1. The maximum absolute atomic E-state index is 12.8. The van der Waals surface area contributed by atoms with Gasteiger partial charge in [0.1, 0.15) is 0 Å². The van der Waals surface area contributed by atoms with Crippen molar-refractivity contribution >= 4 is 23.2 Å². The minimum absolute atomic E-state index is 0.0213. The Bertz CT molecular complexity index is 958. The standard InChI is InChI=1S/C24H25N3O2/c1-26(18-19-10-5-3-6-11-19)23(28)17-25-21-13-9-12-20(16-21)24(29)27(2)22-14-7-4-8-15-22/h3-16,25H,17-18H2,1-2H3. The molecule has 3 aromatic carbocycles. The second-order valence-corrected chi connectivity index (χ2v) is 6.87. The molecule has 0 spiro atoms. The molecule has 148 valence electrons. The summed E-state index contributed by atoms with van der Waals surface area (Å²) in [6.45, 7) is 0.719. The van der Waals surface area contributed by atoms with Crippen molar-refractivity contribution in [3.05, 3.63) is 96.1 Å². The van der Waals surface area contributed by atoms with E-state index in [0.29, 0.717) is 12.1 Å². The number of benzene rings is 3. The highest BCUT2D eigenvalue weighted by atomic mass is 16.2. The second kappa shape index (κ2) is 9.55. The van der Waals surface area contributed by atoms with Crippen LogP contribution in [0, 0.1) is 0 Å². The van der Waals surface area contributed by atoms with E-state index in [1.54, 1.807) is 36.0 Å². The van der Waals surface area contributed by atoms with Gasteiger partial charge in [0.2, 0.25) is 5.91 Å². The molecular weight excluding hydrogens is 362 g/mol. The van der Waals surface area contributed by atoms with Gasteiger partial charge in [-0.25, -0.2) is 0 Å². The molecular formula is C24H25N3O2. The fourth-order valence-corrected chi connectivity index (χ4v) is 2.98. The predicted molar refractivity (Wildman–Crippen MR) is 117 cm³/mol. The molecule has 0 heterocycles. The maximum atomic E-state index is 12.8. The van der Waals surface area contributed by atoms with Crippen LogP contribution in [-0.2, 0) is 11.3 Å². The largest absolute Gasteiger partial charge is 0.376 e. The Labute approximate surface area is 171 Å². The number of anilines is 2. The smallest absolute Gasteiger partial charge is 0.258 e. The first-order valence-electron chi connectivity index (χ1n) is 9.49. The van der Waals surface area contributed by atoms with Crippen molar-refractivity contribution in [1.29, 1.82) is 0 Å². The molecule has 3 aromatic rings. The van der Waals surface area contributed by atoms with Gasteiger partial charge in [0.25, 0.3) is 5.91 Å². The minimum atomic E-state index is -0.104. The van der Waals surface area contributed by atoms with Crippen molar-refractivity contribution in [3.63, 3.8) is 0 Å². The molecule has 29 heavy (non-hydrogen) atoms. The summed E-state index contributed by atoms with van der Waals surface area (Å²) in [5, 5.41) is 3.12. The van der Waals surface area contributed by atoms with Gasteiger partial charge in [-0.3, -0.25) is 9.59 Å². The molecule has 0 saturated carbocycles. The maximum Gasteiger partial charge on any atom is 0.258 e. The number of nitrogens with zero attached hydrogens (tertiary/aromatic N) is 2. The van der Waals surface area contributed by atoms with Crippen LogP contribution < -0.4 is 10.2 Å². The molecule has 0 fully saturated rings. The van der Waals surface area contributed by atoms with Crippen molar-refractivity contribution in [3.8, 4) is 0 Å². The van der Waals surface area contributed by atoms with E-state index >= 15 is 0 Å². The van der Waals surface area contributed by atoms with Gasteiger partial charge in [0.05, 0.1) is 6.54 Å². The molecule has 0 aliphatic rings. The van der Waals surface area contributed by atoms with Crippen molar-refractivity contribution in [2.75, 3.05) is 30.9 Å². The van der Waals surface area contributed by atoms with Gasteiger partial charge in [0.15, 0.2) is 0 Å². The zero-order valence-electron chi connectivity index (χ0n) is 16.7. The number of hydrogen-bond acceptors (Lipinski definition) is 3. The average Bonchev–Trinajstić information content (AvgIpc) is 2.78. The van der Waals surface area contributed by atoms with Crippen LogP contribution in [-0.4, -0.2) is 37.4 Å². The van der Waals surface area contributed by atoms with E-state index in [9.17, 15) is 9.59 Å². The van der Waals surface area contributed by atoms with Crippen LogP contribution >= 0.6 is 0 Å². The van der Waals surface area contributed by atoms with Crippen molar-refractivity contribution in [2.45, 2.75) is 6.54 Å². The topological polar surface area (TPSA) is 52.7 Å². The van der Waals surface area contributed by atoms with Gasteiger partial charge in [0, 0.05) is 37.6 Å². The van der Waals surface area contributed by atoms with Crippen molar-refractivity contribution < 1.29 is 9.59 Å². The number of rotatable bonds is 7. The van der Waals surface area contributed by atoms with E-state index in [1.807, 2.05) is 72.8 Å². The zero-order chi connectivity index (χ0) is 20.6. The average molecular weight is 387 g/mol. The van der Waals surface area contributed by atoms with E-state index in [0.717, 1.165) is 16.9 Å². The summed E-state index contributed by atoms with van der Waals surface area (Å²) in [6.07, 6.45) is 0. The Kier molecular flexibility index (Phi) is 6.63. The van der Waals surface area contributed by atoms with Gasteiger partial charge in [-0.05, 0) is 35.9 Å². The fourth-order valence-electron chi connectivity index (χ4n) is 2.98. The Morgan fingerprint density at radius 2 is 1.48 bits per heavy atom. The molecule has 0 atom stereocenters. The lowest BCUT2D eigenvalue weighted by atomic mass is 10.1. The molecule has 2 amide bonds. The third-order valence-corrected chi connectivity index (χ3v) is 4.69. The molecule has 0 aromatic heterocycles. The number of carbonyl (C=O) groups is 2. The summed E-state index contributed by atoms with van der Waals surface area (Å²) in [5.74, 6) is -0.126. The number of likely N-dealkylation sites (N-methyl/N-ethyl adjacent to an activating group) is 1. The molecule has 0 aliphatic carbocycles. The van der Waals surface area contributed by atoms with E-state index in [2.05, 4.69) is 5.32 Å². The quantitative estimate of drug-likeness (QED) is 0.666. The van der Waals surface area contributed by atoms with Gasteiger partial charge in [-0.15, -0.1) is 0 Å². The third-order valence-electron chi connectivity index (χ3n) is 4.69. The lowest BCUT2D eigenvalue weighted by Gasteiger charge is -2.19. The molecule has 0 saturated heterocycles. The zero-order valence-corrected chi connectivity index (χ0v) is 16.7. The van der Waals surface area contributed by atoms with Crippen LogP contribution in [0.3, 0.4) is 0 Å². The molecule has 5 nitrogen and oxygen atoms in total. The lowest BCUT2D eigenvalue weighted by molar-refractivity contribution is -0.128. The normalized spacial score (nSPS) is 10.3. The number of carbonyl (C=O) groups excluding carboxylic acids is 2. The van der Waals surface area contributed by atoms with E-state index < -0.39 is 0 Å². The van der Waals surface area contributed by atoms with Crippen LogP contribution in [0.1, 0.15) is 15.9 Å². The summed E-state index contributed by atoms with van der Waals surface area (Å²) in [4.78, 5) is 28.5. The summed E-state index contributed by atoms with van der Waals surface area (Å²) >= 11 is 0. The molecule has 1 N–H and O–H groups in total. The minimum Gasteiger partial charge on any atom is -0.376 e. The monoisotopic (exact) mass is 387 g/mol. The highest BCUT2D eigenvalue weighted by Crippen LogP contribution is 2.17. The van der Waals surface area contributed by atoms with Crippen molar-refractivity contribution in [2.24, 2.45) is 0 Å². The molecule has 0 bridgehead atoms. The van der Waals surface area contributed by atoms with Crippen molar-refractivity contribution in [1.82, 2.24) is 4.90 Å². The fraction of sp³-hybridized carbons (Fsp3) is 0.167. The molecule has 0 aliphatic heterocycles. The Hall–Kier alpha value is -3.60. The van der Waals surface area contributed by atoms with E-state index in [4.69, 9.17) is 0 Å². The van der Waals surface area contributed by atoms with E-state index in [-0.39, 0.29) is 18.4 Å². The summed E-state index contributed by atoms with van der Waals surface area (Å²) in [6, 6.07) is 26.6. The summed E-state index contributed by atoms with van der Waals surface area (Å²) in [7, 11) is 3.53. The lowest BCUT2D eigenvalue weighted by Crippen LogP contribution is -2.31. The summed E-state index contributed by atoms with van der Waals surface area (Å²) in [5.41, 5.74) is 3.21. The van der Waals surface area contributed by atoms with Gasteiger partial charge in [-0.2, -0.15) is 0 Å². The highest BCUT2D eigenvalue weighted by Gasteiger charge is 2.14. The number of hydrogen-bond donors (Lipinski definition) is 1. The predicted octanol–water partition coefficient (Wildman–Crippen LogP) is 4.03. The first-order chi connectivity index (χ1) is 14.0. The van der Waals surface area contributed by atoms with Gasteiger partial charge in [-0.1, -0.05) is 54.6 Å². The molecule has 0 unspecified atom stereocenters. The first-order valence-corrected chi connectivity index (χ1v) is 9.49. The molecule has 3 rings (SSSR count). The SMILES string of the molecule is CN(Cc1ccccc1)C(=O)CNc1cccc(C(=O)N(C)c2ccccc2)c1. The van der Waals surface area contributed by atoms with Crippen LogP contribution in [0.2, 0.25) is 0 Å². The Morgan fingerprint density at radius 3 is 2.17 bits per heavy atom. The number of para-hydroxylation sites is 1. The third kappa shape index (κ3) is 5.45. The second-order valence-electron chi connectivity index (χ2n) is 6.87. The van der Waals surface area contributed by atoms with Crippen LogP contribution in [0.25, 0.3) is 0 Å². The molecule has 0 radical (unpaired) electrons.